The van der Waals surface area contributed by atoms with E-state index in [9.17, 15) is 5.11 Å². The SMILES string of the molecule is CC(C)(O)c1ccc2c(c1)CCN(c1cc(NC3CCCCC3)nc(C3CC3)n1)C2. The third kappa shape index (κ3) is 4.31. The number of hydrogen-bond donors (Lipinski definition) is 2. The molecule has 1 aromatic carbocycles. The Morgan fingerprint density at radius 3 is 2.53 bits per heavy atom. The van der Waals surface area contributed by atoms with Crippen LogP contribution in [0.5, 0.6) is 0 Å². The largest absolute Gasteiger partial charge is 0.386 e. The lowest BCUT2D eigenvalue weighted by molar-refractivity contribution is 0.0785. The van der Waals surface area contributed by atoms with Crippen LogP contribution in [0.1, 0.15) is 87.2 Å². The molecule has 1 aliphatic heterocycles. The van der Waals surface area contributed by atoms with E-state index in [2.05, 4.69) is 34.5 Å². The molecular weight excluding hydrogens is 372 g/mol. The molecule has 5 rings (SSSR count). The van der Waals surface area contributed by atoms with Crippen molar-refractivity contribution in [2.75, 3.05) is 16.8 Å². The van der Waals surface area contributed by atoms with Crippen molar-refractivity contribution in [1.29, 1.82) is 0 Å². The molecule has 0 saturated heterocycles. The molecule has 5 heteroatoms. The molecule has 2 aromatic rings. The maximum Gasteiger partial charge on any atom is 0.136 e. The predicted molar refractivity (Wildman–Crippen MR) is 121 cm³/mol. The average molecular weight is 407 g/mol. The fraction of sp³-hybridized carbons (Fsp3) is 0.600. The van der Waals surface area contributed by atoms with Crippen LogP contribution in [-0.2, 0) is 18.6 Å². The van der Waals surface area contributed by atoms with E-state index in [0.29, 0.717) is 12.0 Å². The Labute approximate surface area is 179 Å². The number of rotatable bonds is 5. The van der Waals surface area contributed by atoms with Crippen molar-refractivity contribution in [3.63, 3.8) is 0 Å². The van der Waals surface area contributed by atoms with Crippen molar-refractivity contribution in [1.82, 2.24) is 9.97 Å². The number of aromatic nitrogens is 2. The minimum Gasteiger partial charge on any atom is -0.386 e. The van der Waals surface area contributed by atoms with Gasteiger partial charge in [-0.05, 0) is 62.6 Å². The molecule has 2 aliphatic carbocycles. The van der Waals surface area contributed by atoms with E-state index in [1.165, 1.54) is 56.1 Å². The van der Waals surface area contributed by atoms with Crippen LogP contribution in [0, 0.1) is 0 Å². The summed E-state index contributed by atoms with van der Waals surface area (Å²) in [6.45, 7) is 5.52. The van der Waals surface area contributed by atoms with Crippen molar-refractivity contribution in [3.8, 4) is 0 Å². The second kappa shape index (κ2) is 7.84. The van der Waals surface area contributed by atoms with Gasteiger partial charge >= 0.3 is 0 Å². The highest BCUT2D eigenvalue weighted by molar-refractivity contribution is 5.53. The van der Waals surface area contributed by atoms with Gasteiger partial charge in [-0.3, -0.25) is 0 Å². The maximum absolute atomic E-state index is 10.3. The number of hydrogen-bond acceptors (Lipinski definition) is 5. The Balaban J connectivity index is 1.38. The summed E-state index contributed by atoms with van der Waals surface area (Å²) < 4.78 is 0. The van der Waals surface area contributed by atoms with Crippen LogP contribution >= 0.6 is 0 Å². The van der Waals surface area contributed by atoms with Crippen LogP contribution in [0.4, 0.5) is 11.6 Å². The van der Waals surface area contributed by atoms with Gasteiger partial charge in [0.15, 0.2) is 0 Å². The molecule has 0 unspecified atom stereocenters. The zero-order valence-electron chi connectivity index (χ0n) is 18.3. The van der Waals surface area contributed by atoms with Gasteiger partial charge in [0.2, 0.25) is 0 Å². The minimum atomic E-state index is -0.794. The van der Waals surface area contributed by atoms with Gasteiger partial charge in [-0.25, -0.2) is 9.97 Å². The Morgan fingerprint density at radius 2 is 1.80 bits per heavy atom. The molecule has 0 atom stereocenters. The molecule has 2 fully saturated rings. The third-order valence-electron chi connectivity index (χ3n) is 6.88. The molecule has 30 heavy (non-hydrogen) atoms. The van der Waals surface area contributed by atoms with Gasteiger partial charge in [0.1, 0.15) is 17.5 Å². The summed E-state index contributed by atoms with van der Waals surface area (Å²) in [6, 6.07) is 9.14. The molecule has 0 radical (unpaired) electrons. The lowest BCUT2D eigenvalue weighted by Crippen LogP contribution is -2.32. The Morgan fingerprint density at radius 1 is 1.00 bits per heavy atom. The fourth-order valence-corrected chi connectivity index (χ4v) is 4.80. The topological polar surface area (TPSA) is 61.3 Å². The molecule has 0 bridgehead atoms. The van der Waals surface area contributed by atoms with Crippen LogP contribution < -0.4 is 10.2 Å². The first-order valence-corrected chi connectivity index (χ1v) is 11.7. The van der Waals surface area contributed by atoms with E-state index < -0.39 is 5.60 Å². The molecule has 0 spiro atoms. The second-order valence-electron chi connectivity index (χ2n) is 9.94. The van der Waals surface area contributed by atoms with Gasteiger partial charge in [-0.15, -0.1) is 0 Å². The Bertz CT molecular complexity index is 910. The van der Waals surface area contributed by atoms with Gasteiger partial charge in [0.25, 0.3) is 0 Å². The fourth-order valence-electron chi connectivity index (χ4n) is 4.80. The normalized spacial score (nSPS) is 20.2. The highest BCUT2D eigenvalue weighted by atomic mass is 16.3. The van der Waals surface area contributed by atoms with Crippen LogP contribution in [0.2, 0.25) is 0 Å². The van der Waals surface area contributed by atoms with Crippen molar-refractivity contribution in [3.05, 3.63) is 46.8 Å². The van der Waals surface area contributed by atoms with Gasteiger partial charge < -0.3 is 15.3 Å². The maximum atomic E-state index is 10.3. The zero-order valence-corrected chi connectivity index (χ0v) is 18.3. The van der Waals surface area contributed by atoms with Crippen molar-refractivity contribution in [2.45, 2.75) is 89.3 Å². The summed E-state index contributed by atoms with van der Waals surface area (Å²) >= 11 is 0. The minimum absolute atomic E-state index is 0.545. The summed E-state index contributed by atoms with van der Waals surface area (Å²) in [7, 11) is 0. The van der Waals surface area contributed by atoms with E-state index in [4.69, 9.17) is 9.97 Å². The average Bonchev–Trinajstić information content (AvgIpc) is 3.58. The van der Waals surface area contributed by atoms with Crippen LogP contribution in [0.3, 0.4) is 0 Å². The third-order valence-corrected chi connectivity index (χ3v) is 6.88. The van der Waals surface area contributed by atoms with Crippen molar-refractivity contribution in [2.24, 2.45) is 0 Å². The molecule has 160 valence electrons. The summed E-state index contributed by atoms with van der Waals surface area (Å²) in [5, 5.41) is 14.1. The van der Waals surface area contributed by atoms with Crippen LogP contribution in [0.15, 0.2) is 24.3 Å². The van der Waals surface area contributed by atoms with E-state index in [-0.39, 0.29) is 0 Å². The summed E-state index contributed by atoms with van der Waals surface area (Å²) in [5.41, 5.74) is 2.88. The predicted octanol–water partition coefficient (Wildman–Crippen LogP) is 4.89. The molecular formula is C25H34N4O. The van der Waals surface area contributed by atoms with Gasteiger partial charge in [-0.2, -0.15) is 0 Å². The molecule has 2 N–H and O–H groups in total. The van der Waals surface area contributed by atoms with Crippen LogP contribution in [-0.4, -0.2) is 27.7 Å². The summed E-state index contributed by atoms with van der Waals surface area (Å²) in [5.74, 6) is 3.64. The number of benzene rings is 1. The van der Waals surface area contributed by atoms with E-state index in [1.54, 1.807) is 0 Å². The Hall–Kier alpha value is -2.14. The number of fused-ring (bicyclic) bond motifs is 1. The Kier molecular flexibility index (Phi) is 5.18. The first-order valence-electron chi connectivity index (χ1n) is 11.7. The number of nitrogens with one attached hydrogen (secondary N) is 1. The van der Waals surface area contributed by atoms with E-state index in [1.807, 2.05) is 13.8 Å². The number of nitrogens with zero attached hydrogens (tertiary/aromatic N) is 3. The molecule has 5 nitrogen and oxygen atoms in total. The molecule has 1 aromatic heterocycles. The first kappa shape index (κ1) is 19.8. The lowest BCUT2D eigenvalue weighted by Gasteiger charge is -2.32. The van der Waals surface area contributed by atoms with E-state index in [0.717, 1.165) is 42.5 Å². The quantitative estimate of drug-likeness (QED) is 0.740. The van der Waals surface area contributed by atoms with Gasteiger partial charge in [0, 0.05) is 31.1 Å². The summed E-state index contributed by atoms with van der Waals surface area (Å²) in [4.78, 5) is 12.3. The van der Waals surface area contributed by atoms with Gasteiger partial charge in [-0.1, -0.05) is 37.5 Å². The van der Waals surface area contributed by atoms with Crippen molar-refractivity contribution < 1.29 is 5.11 Å². The second-order valence-corrected chi connectivity index (χ2v) is 9.94. The number of anilines is 2. The summed E-state index contributed by atoms with van der Waals surface area (Å²) in [6.07, 6.45) is 9.92. The van der Waals surface area contributed by atoms with Gasteiger partial charge in [0.05, 0.1) is 5.60 Å². The molecule has 2 heterocycles. The standard InChI is InChI=1S/C25H34N4O/c1-25(2,30)20-11-10-19-16-29(13-12-18(19)14-20)23-15-22(26-21-6-4-3-5-7-21)27-24(28-23)17-8-9-17/h10-11,14-15,17,21,30H,3-9,12-13,16H2,1-2H3,(H,26,27,28). The first-order chi connectivity index (χ1) is 14.5. The zero-order chi connectivity index (χ0) is 20.7. The molecule has 0 amide bonds. The smallest absolute Gasteiger partial charge is 0.136 e. The monoisotopic (exact) mass is 406 g/mol. The van der Waals surface area contributed by atoms with E-state index >= 15 is 0 Å². The van der Waals surface area contributed by atoms with Crippen LogP contribution in [0.25, 0.3) is 0 Å². The lowest BCUT2D eigenvalue weighted by atomic mass is 9.91. The van der Waals surface area contributed by atoms with Crippen molar-refractivity contribution >= 4 is 11.6 Å². The molecule has 2 saturated carbocycles. The number of aliphatic hydroxyl groups is 1. The molecule has 3 aliphatic rings. The highest BCUT2D eigenvalue weighted by Crippen LogP contribution is 2.40. The highest BCUT2D eigenvalue weighted by Gasteiger charge is 2.29.